The highest BCUT2D eigenvalue weighted by Crippen LogP contribution is 2.32. The van der Waals surface area contributed by atoms with Crippen LogP contribution in [0.25, 0.3) is 10.6 Å². The number of thiazole rings is 1. The number of thiophene rings is 1. The smallest absolute Gasteiger partial charge is 0.0936 e. The van der Waals surface area contributed by atoms with E-state index in [-0.39, 0.29) is 0 Å². The molecule has 90 valence electrons. The van der Waals surface area contributed by atoms with E-state index in [1.807, 2.05) is 0 Å². The van der Waals surface area contributed by atoms with Crippen LogP contribution in [0.4, 0.5) is 0 Å². The molecule has 0 amide bonds. The third kappa shape index (κ3) is 2.78. The molecule has 3 rings (SSSR count). The fourth-order valence-corrected chi connectivity index (χ4v) is 4.44. The zero-order valence-electron chi connectivity index (χ0n) is 9.28. The largest absolute Gasteiger partial charge is 0.316 e. The van der Waals surface area contributed by atoms with Gasteiger partial charge in [-0.1, -0.05) is 0 Å². The van der Waals surface area contributed by atoms with Crippen molar-refractivity contribution in [1.82, 2.24) is 10.3 Å². The van der Waals surface area contributed by atoms with Crippen molar-refractivity contribution in [2.45, 2.75) is 12.8 Å². The third-order valence-corrected chi connectivity index (χ3v) is 5.52. The minimum atomic E-state index is 0.782. The van der Waals surface area contributed by atoms with Gasteiger partial charge in [0.2, 0.25) is 0 Å². The molecule has 0 aliphatic carbocycles. The van der Waals surface area contributed by atoms with E-state index in [1.165, 1.54) is 26.6 Å². The van der Waals surface area contributed by atoms with E-state index in [4.69, 9.17) is 4.98 Å². The van der Waals surface area contributed by atoms with Crippen LogP contribution in [0, 0.1) is 5.92 Å². The Balaban J connectivity index is 1.73. The van der Waals surface area contributed by atoms with Gasteiger partial charge in [0.05, 0.1) is 19.4 Å². The quantitative estimate of drug-likeness (QED) is 0.927. The highest BCUT2D eigenvalue weighted by atomic mass is 79.9. The highest BCUT2D eigenvalue weighted by Gasteiger charge is 2.17. The molecule has 0 spiro atoms. The summed E-state index contributed by atoms with van der Waals surface area (Å²) in [5.41, 5.74) is 1.13. The summed E-state index contributed by atoms with van der Waals surface area (Å²) in [5.74, 6) is 0.782. The molecule has 2 aromatic rings. The van der Waals surface area contributed by atoms with E-state index >= 15 is 0 Å². The molecule has 0 saturated carbocycles. The third-order valence-electron chi connectivity index (χ3n) is 3.00. The van der Waals surface area contributed by atoms with Crippen molar-refractivity contribution in [1.29, 1.82) is 0 Å². The molecule has 2 aromatic heterocycles. The maximum Gasteiger partial charge on any atom is 0.0936 e. The normalized spacial score (nSPS) is 19.9. The van der Waals surface area contributed by atoms with Gasteiger partial charge in [-0.2, -0.15) is 0 Å². The van der Waals surface area contributed by atoms with Crippen LogP contribution in [0.5, 0.6) is 0 Å². The highest BCUT2D eigenvalue weighted by molar-refractivity contribution is 9.11. The number of halogens is 1. The number of hydrogen-bond donors (Lipinski definition) is 1. The van der Waals surface area contributed by atoms with Crippen molar-refractivity contribution in [3.63, 3.8) is 0 Å². The van der Waals surface area contributed by atoms with Crippen molar-refractivity contribution in [3.8, 4) is 10.6 Å². The Kier molecular flexibility index (Phi) is 3.61. The van der Waals surface area contributed by atoms with Crippen molar-refractivity contribution >= 4 is 38.6 Å². The summed E-state index contributed by atoms with van der Waals surface area (Å²) in [5, 5.41) is 6.86. The predicted molar refractivity (Wildman–Crippen MR) is 77.8 cm³/mol. The molecule has 1 N–H and O–H groups in total. The summed E-state index contributed by atoms with van der Waals surface area (Å²) < 4.78 is 1.17. The van der Waals surface area contributed by atoms with Crippen molar-refractivity contribution < 1.29 is 0 Å². The van der Waals surface area contributed by atoms with Crippen LogP contribution in [0.15, 0.2) is 21.3 Å². The maximum atomic E-state index is 4.74. The lowest BCUT2D eigenvalue weighted by molar-refractivity contribution is 0.578. The average Bonchev–Trinajstić information content (AvgIpc) is 2.99. The Morgan fingerprint density at radius 2 is 2.41 bits per heavy atom. The summed E-state index contributed by atoms with van der Waals surface area (Å²) in [6.07, 6.45) is 2.42. The first-order valence-electron chi connectivity index (χ1n) is 5.72. The molecule has 1 aliphatic heterocycles. The lowest BCUT2D eigenvalue weighted by Gasteiger charge is -2.03. The van der Waals surface area contributed by atoms with Crippen molar-refractivity contribution in [3.05, 3.63) is 26.3 Å². The number of nitrogens with zero attached hydrogens (tertiary/aromatic N) is 1. The lowest BCUT2D eigenvalue weighted by Crippen LogP contribution is -2.10. The van der Waals surface area contributed by atoms with Gasteiger partial charge in [0.1, 0.15) is 0 Å². The van der Waals surface area contributed by atoms with Gasteiger partial charge in [0.15, 0.2) is 0 Å². The lowest BCUT2D eigenvalue weighted by atomic mass is 10.1. The summed E-state index contributed by atoms with van der Waals surface area (Å²) >= 11 is 7.03. The Morgan fingerprint density at radius 3 is 3.12 bits per heavy atom. The van der Waals surface area contributed by atoms with Crippen LogP contribution in [0.3, 0.4) is 0 Å². The molecule has 1 aliphatic rings. The topological polar surface area (TPSA) is 24.9 Å². The van der Waals surface area contributed by atoms with Crippen LogP contribution in [0.1, 0.15) is 11.4 Å². The Hall–Kier alpha value is -0.230. The maximum absolute atomic E-state index is 4.74. The number of rotatable bonds is 3. The number of hydrogen-bond acceptors (Lipinski definition) is 4. The summed E-state index contributed by atoms with van der Waals surface area (Å²) in [7, 11) is 0. The van der Waals surface area contributed by atoms with E-state index < -0.39 is 0 Å². The second-order valence-corrected chi connectivity index (χ2v) is 7.70. The summed E-state index contributed by atoms with van der Waals surface area (Å²) in [4.78, 5) is 5.99. The molecule has 3 heterocycles. The SMILES string of the molecule is Brc1ccc(-c2csc(CC3CCNC3)n2)s1. The van der Waals surface area contributed by atoms with Crippen LogP contribution >= 0.6 is 38.6 Å². The Bertz CT molecular complexity index is 500. The van der Waals surface area contributed by atoms with Gasteiger partial charge in [-0.25, -0.2) is 4.98 Å². The van der Waals surface area contributed by atoms with Crippen LogP contribution in [-0.4, -0.2) is 18.1 Å². The minimum Gasteiger partial charge on any atom is -0.316 e. The Labute approximate surface area is 117 Å². The van der Waals surface area contributed by atoms with Gasteiger partial charge in [-0.15, -0.1) is 22.7 Å². The molecule has 1 saturated heterocycles. The standard InChI is InChI=1S/C12H13BrN2S2/c13-11-2-1-10(17-11)9-7-16-12(15-9)5-8-3-4-14-6-8/h1-2,7-8,14H,3-6H2. The van der Waals surface area contributed by atoms with Crippen LogP contribution in [0.2, 0.25) is 0 Å². The van der Waals surface area contributed by atoms with E-state index in [0.717, 1.165) is 24.6 Å². The fourth-order valence-electron chi connectivity index (χ4n) is 2.11. The first-order chi connectivity index (χ1) is 8.31. The van der Waals surface area contributed by atoms with Gasteiger partial charge in [-0.3, -0.25) is 0 Å². The average molecular weight is 329 g/mol. The second kappa shape index (κ2) is 5.18. The van der Waals surface area contributed by atoms with E-state index in [2.05, 4.69) is 38.8 Å². The number of nitrogens with one attached hydrogen (secondary N) is 1. The summed E-state index contributed by atoms with van der Waals surface area (Å²) in [6.45, 7) is 2.32. The van der Waals surface area contributed by atoms with Crippen LogP contribution in [-0.2, 0) is 6.42 Å². The van der Waals surface area contributed by atoms with Gasteiger partial charge < -0.3 is 5.32 Å². The zero-order chi connectivity index (χ0) is 11.7. The monoisotopic (exact) mass is 328 g/mol. The molecule has 1 unspecified atom stereocenters. The zero-order valence-corrected chi connectivity index (χ0v) is 12.5. The fraction of sp³-hybridized carbons (Fsp3) is 0.417. The van der Waals surface area contributed by atoms with E-state index in [1.54, 1.807) is 22.7 Å². The molecule has 1 atom stereocenters. The van der Waals surface area contributed by atoms with Gasteiger partial charge in [0, 0.05) is 11.8 Å². The molecule has 17 heavy (non-hydrogen) atoms. The summed E-state index contributed by atoms with van der Waals surface area (Å²) in [6, 6.07) is 4.21. The molecule has 5 heteroatoms. The van der Waals surface area contributed by atoms with E-state index in [0.29, 0.717) is 0 Å². The molecule has 2 nitrogen and oxygen atoms in total. The minimum absolute atomic E-state index is 0.782. The molecular weight excluding hydrogens is 316 g/mol. The second-order valence-electron chi connectivity index (χ2n) is 4.29. The molecule has 1 fully saturated rings. The van der Waals surface area contributed by atoms with Gasteiger partial charge >= 0.3 is 0 Å². The van der Waals surface area contributed by atoms with E-state index in [9.17, 15) is 0 Å². The molecule has 0 aromatic carbocycles. The Morgan fingerprint density at radius 1 is 1.47 bits per heavy atom. The molecule has 0 radical (unpaired) electrons. The molecule has 0 bridgehead atoms. The van der Waals surface area contributed by atoms with Crippen molar-refractivity contribution in [2.24, 2.45) is 5.92 Å². The van der Waals surface area contributed by atoms with Crippen LogP contribution < -0.4 is 5.32 Å². The van der Waals surface area contributed by atoms with Crippen molar-refractivity contribution in [2.75, 3.05) is 13.1 Å². The molecular formula is C12H13BrN2S2. The predicted octanol–water partition coefficient (Wildman–Crippen LogP) is 3.79. The van der Waals surface area contributed by atoms with Gasteiger partial charge in [0.25, 0.3) is 0 Å². The van der Waals surface area contributed by atoms with Gasteiger partial charge in [-0.05, 0) is 53.5 Å². The first kappa shape index (κ1) is 11.8. The number of aromatic nitrogens is 1. The first-order valence-corrected chi connectivity index (χ1v) is 8.21.